The van der Waals surface area contributed by atoms with E-state index in [1.807, 2.05) is 27.7 Å². The maximum absolute atomic E-state index is 12.7. The zero-order valence-electron chi connectivity index (χ0n) is 31.3. The molecule has 0 bridgehead atoms. The Labute approximate surface area is 309 Å². The average molecular weight is 763 g/mol. The quantitative estimate of drug-likeness (QED) is 0.194. The lowest BCUT2D eigenvalue weighted by Gasteiger charge is -2.46. The Morgan fingerprint density at radius 2 is 1.40 bits per heavy atom. The third-order valence-corrected chi connectivity index (χ3v) is 10.9. The highest BCUT2D eigenvalue weighted by molar-refractivity contribution is 7.86. The van der Waals surface area contributed by atoms with Gasteiger partial charge in [-0.05, 0) is 80.0 Å². The molecule has 2 aliphatic heterocycles. The van der Waals surface area contributed by atoms with Crippen molar-refractivity contribution in [3.05, 3.63) is 94.1 Å². The number of nitrogens with zero attached hydrogens (tertiary/aromatic N) is 1. The van der Waals surface area contributed by atoms with Crippen LogP contribution in [0.25, 0.3) is 0 Å². The molecule has 3 aliphatic rings. The summed E-state index contributed by atoms with van der Waals surface area (Å²) in [4.78, 5) is 15.0. The fourth-order valence-electron chi connectivity index (χ4n) is 6.23. The van der Waals surface area contributed by atoms with E-state index in [2.05, 4.69) is 24.8 Å². The molecule has 0 radical (unpaired) electrons. The Kier molecular flexibility index (Phi) is 15.1. The Balaban J connectivity index is 0.000000269. The first-order valence-corrected chi connectivity index (χ1v) is 20.2. The lowest BCUT2D eigenvalue weighted by atomic mass is 9.80. The second-order valence-electron chi connectivity index (χ2n) is 14.1. The van der Waals surface area contributed by atoms with Gasteiger partial charge in [0.05, 0.1) is 24.0 Å². The van der Waals surface area contributed by atoms with E-state index >= 15 is 0 Å². The minimum Gasteiger partial charge on any atom is -0.497 e. The summed E-state index contributed by atoms with van der Waals surface area (Å²) < 4.78 is 76.3. The number of carbonyl (C=O) groups is 1. The molecule has 12 nitrogen and oxygen atoms in total. The number of hydrogen-bond donors (Lipinski definition) is 3. The minimum atomic E-state index is -4.02. The normalized spacial score (nSPS) is 19.3. The highest BCUT2D eigenvalue weighted by Crippen LogP contribution is 2.43. The first kappa shape index (κ1) is 42.7. The molecule has 0 amide bonds. The van der Waals surface area contributed by atoms with E-state index in [0.717, 1.165) is 61.4 Å². The van der Waals surface area contributed by atoms with E-state index in [4.69, 9.17) is 29.0 Å². The average Bonchev–Trinajstić information content (AvgIpc) is 3.07. The van der Waals surface area contributed by atoms with Crippen LogP contribution in [0.3, 0.4) is 0 Å². The molecule has 0 saturated carbocycles. The molecule has 14 heteroatoms. The summed E-state index contributed by atoms with van der Waals surface area (Å²) in [6.07, 6.45) is 5.46. The number of hydrogen-bond acceptors (Lipinski definition) is 10. The number of fused-ring (bicyclic) bond motifs is 2. The Morgan fingerprint density at radius 1 is 0.885 bits per heavy atom. The third-order valence-electron chi connectivity index (χ3n) is 9.20. The monoisotopic (exact) mass is 762 g/mol. The Morgan fingerprint density at radius 3 is 1.83 bits per heavy atom. The lowest BCUT2D eigenvalue weighted by molar-refractivity contribution is -0.157. The number of methoxy groups -OCH3 is 2. The number of esters is 1. The summed E-state index contributed by atoms with van der Waals surface area (Å²) in [5.41, 5.74) is 11.9. The van der Waals surface area contributed by atoms with Gasteiger partial charge >= 0.3 is 5.97 Å². The minimum absolute atomic E-state index is 0.0626. The fourth-order valence-corrected chi connectivity index (χ4v) is 7.19. The molecule has 2 heterocycles. The molecule has 0 spiro atoms. The van der Waals surface area contributed by atoms with Gasteiger partial charge in [-0.1, -0.05) is 63.1 Å². The van der Waals surface area contributed by atoms with E-state index in [0.29, 0.717) is 11.8 Å². The molecular formula is C38H54N2O10S2. The second kappa shape index (κ2) is 18.4. The van der Waals surface area contributed by atoms with Crippen molar-refractivity contribution in [1.29, 1.82) is 0 Å². The number of carbonyl (C=O) groups excluding carboxylic acids is 1. The van der Waals surface area contributed by atoms with Crippen LogP contribution in [0, 0.1) is 31.6 Å². The number of rotatable bonds is 9. The molecule has 1 aliphatic carbocycles. The van der Waals surface area contributed by atoms with Crippen molar-refractivity contribution in [2.24, 2.45) is 23.5 Å². The van der Waals surface area contributed by atoms with Gasteiger partial charge in [-0.15, -0.1) is 0 Å². The summed E-state index contributed by atoms with van der Waals surface area (Å²) in [6, 6.07) is 11.4. The topological polar surface area (TPSA) is 183 Å². The largest absolute Gasteiger partial charge is 0.497 e. The van der Waals surface area contributed by atoms with E-state index in [-0.39, 0.29) is 27.8 Å². The first-order chi connectivity index (χ1) is 24.2. The number of ether oxygens (including phenoxy) is 3. The molecule has 52 heavy (non-hydrogen) atoms. The van der Waals surface area contributed by atoms with Gasteiger partial charge in [-0.3, -0.25) is 13.9 Å². The summed E-state index contributed by atoms with van der Waals surface area (Å²) in [6.45, 7) is 14.0. The van der Waals surface area contributed by atoms with Crippen LogP contribution in [-0.4, -0.2) is 76.3 Å². The summed E-state index contributed by atoms with van der Waals surface area (Å²) >= 11 is 0. The maximum atomic E-state index is 12.7. The van der Waals surface area contributed by atoms with Crippen molar-refractivity contribution in [3.63, 3.8) is 0 Å². The second-order valence-corrected chi connectivity index (χ2v) is 16.9. The molecule has 1 fully saturated rings. The first-order valence-electron chi connectivity index (χ1n) is 17.3. The van der Waals surface area contributed by atoms with Gasteiger partial charge in [-0.25, -0.2) is 0 Å². The van der Waals surface area contributed by atoms with Crippen LogP contribution in [0.2, 0.25) is 0 Å². The van der Waals surface area contributed by atoms with E-state index in [1.54, 1.807) is 38.5 Å². The van der Waals surface area contributed by atoms with Crippen LogP contribution < -0.4 is 5.73 Å². The molecule has 3 atom stereocenters. The van der Waals surface area contributed by atoms with Crippen LogP contribution in [0.1, 0.15) is 64.5 Å². The number of aryl methyl sites for hydroxylation is 2. The van der Waals surface area contributed by atoms with Gasteiger partial charge in [0.15, 0.2) is 5.76 Å². The van der Waals surface area contributed by atoms with Crippen LogP contribution in [-0.2, 0) is 39.2 Å². The Bertz CT molecular complexity index is 1770. The molecule has 288 valence electrons. The third kappa shape index (κ3) is 11.9. The molecule has 2 aromatic rings. The van der Waals surface area contributed by atoms with E-state index in [9.17, 15) is 21.6 Å². The van der Waals surface area contributed by atoms with Gasteiger partial charge in [0.2, 0.25) is 0 Å². The van der Waals surface area contributed by atoms with Crippen molar-refractivity contribution in [2.75, 3.05) is 27.3 Å². The molecule has 0 unspecified atom stereocenters. The van der Waals surface area contributed by atoms with Gasteiger partial charge < -0.3 is 24.8 Å². The van der Waals surface area contributed by atoms with Crippen molar-refractivity contribution in [1.82, 2.24) is 4.90 Å². The lowest BCUT2D eigenvalue weighted by Crippen LogP contribution is -2.48. The van der Waals surface area contributed by atoms with Crippen molar-refractivity contribution < 1.29 is 44.9 Å². The standard InChI is InChI=1S/C24H38N2O4.2C7H8O3S/c1-14(2)9-17-13-26-8-7-16-10-21(28-5)22(29-6)11-18(16)19(26)12-20(17)30-24(27)23(25)15(3)4;2*1-6-2-4-7(5-3-6)11(8,9)10/h10,14-15,17,20,23H,7-9,11-13,25H2,1-6H3;2*2-5H,1H3,(H,8,9,10)/t17-,20-,23+;;/m1../s1. The van der Waals surface area contributed by atoms with Crippen LogP contribution in [0.4, 0.5) is 0 Å². The predicted octanol–water partition coefficient (Wildman–Crippen LogP) is 6.23. The summed E-state index contributed by atoms with van der Waals surface area (Å²) in [5, 5.41) is 0. The van der Waals surface area contributed by atoms with Crippen molar-refractivity contribution in [3.8, 4) is 0 Å². The van der Waals surface area contributed by atoms with Crippen LogP contribution in [0.15, 0.2) is 92.8 Å². The smallest absolute Gasteiger partial charge is 0.323 e. The predicted molar refractivity (Wildman–Crippen MR) is 199 cm³/mol. The number of nitrogens with two attached hydrogens (primary N) is 1. The van der Waals surface area contributed by atoms with E-state index < -0.39 is 26.3 Å². The SMILES string of the molecule is COC1=C(OC)CC2=C3C[C@@H](OC(=O)[C@@H](N)C(C)C)[C@H](CC(C)C)CN3CCC2=C1.Cc1ccc(S(=O)(=O)O)cc1.Cc1ccc(S(=O)(=O)O)cc1. The Hall–Kier alpha value is -3.69. The highest BCUT2D eigenvalue weighted by Gasteiger charge is 2.40. The molecule has 0 aromatic heterocycles. The van der Waals surface area contributed by atoms with Crippen molar-refractivity contribution in [2.45, 2.75) is 89.2 Å². The summed E-state index contributed by atoms with van der Waals surface area (Å²) in [5.74, 6) is 2.31. The van der Waals surface area contributed by atoms with Crippen LogP contribution in [0.5, 0.6) is 0 Å². The molecule has 5 rings (SSSR count). The van der Waals surface area contributed by atoms with Gasteiger partial charge in [0, 0.05) is 37.5 Å². The molecular weight excluding hydrogens is 709 g/mol. The van der Waals surface area contributed by atoms with Gasteiger partial charge in [0.25, 0.3) is 20.2 Å². The maximum Gasteiger partial charge on any atom is 0.323 e. The van der Waals surface area contributed by atoms with Gasteiger partial charge in [0.1, 0.15) is 17.9 Å². The highest BCUT2D eigenvalue weighted by atomic mass is 32.2. The zero-order valence-corrected chi connectivity index (χ0v) is 33.0. The van der Waals surface area contributed by atoms with Crippen molar-refractivity contribution >= 4 is 26.2 Å². The van der Waals surface area contributed by atoms with Gasteiger partial charge in [-0.2, -0.15) is 16.8 Å². The summed E-state index contributed by atoms with van der Waals surface area (Å²) in [7, 11) is -4.66. The van der Waals surface area contributed by atoms with E-state index in [1.165, 1.54) is 41.1 Å². The molecule has 4 N–H and O–H groups in total. The molecule has 1 saturated heterocycles. The number of allylic oxidation sites excluding steroid dienone is 2. The number of piperidine rings is 1. The zero-order chi connectivity index (χ0) is 39.0. The molecule has 2 aromatic carbocycles. The van der Waals surface area contributed by atoms with Crippen LogP contribution >= 0.6 is 0 Å². The number of benzene rings is 2. The fraction of sp³-hybridized carbons (Fsp3) is 0.500.